The first-order valence-electron chi connectivity index (χ1n) is 11.1. The molecular weight excluding hydrogens is 505 g/mol. The van der Waals surface area contributed by atoms with Crippen LogP contribution in [0.3, 0.4) is 0 Å². The van der Waals surface area contributed by atoms with Crippen molar-refractivity contribution >= 4 is 40.9 Å². The number of carbonyl (C=O) groups is 2. The van der Waals surface area contributed by atoms with Crippen LogP contribution in [0.1, 0.15) is 36.1 Å². The molecule has 1 aromatic heterocycles. The van der Waals surface area contributed by atoms with Gasteiger partial charge in [-0.05, 0) is 48.4 Å². The number of ether oxygens (including phenoxy) is 1. The smallest absolute Gasteiger partial charge is 0.251 e. The van der Waals surface area contributed by atoms with Crippen LogP contribution in [-0.4, -0.2) is 39.4 Å². The summed E-state index contributed by atoms with van der Waals surface area (Å²) in [5, 5.41) is 14.7. The normalized spacial score (nSPS) is 11.7. The number of hydrogen-bond donors (Lipinski definition) is 2. The Balaban J connectivity index is 1.74. The van der Waals surface area contributed by atoms with Crippen molar-refractivity contribution in [2.24, 2.45) is 5.92 Å². The van der Waals surface area contributed by atoms with Crippen molar-refractivity contribution in [2.75, 3.05) is 18.2 Å². The molecule has 1 atom stereocenters. The third kappa shape index (κ3) is 6.86. The Hall–Kier alpha value is -3.37. The fraction of sp³-hybridized carbons (Fsp3) is 0.280. The Morgan fingerprint density at radius 2 is 1.94 bits per heavy atom. The quantitative estimate of drug-likeness (QED) is 0.263. The number of carbonyl (C=O) groups excluding carboxylic acids is 2. The van der Waals surface area contributed by atoms with E-state index in [1.807, 2.05) is 18.4 Å². The molecule has 36 heavy (non-hydrogen) atoms. The van der Waals surface area contributed by atoms with E-state index in [0.717, 1.165) is 0 Å². The van der Waals surface area contributed by atoms with E-state index in [1.165, 1.54) is 30.0 Å². The standard InChI is InChI=1S/C25H27ClFN5O3S/c1-5-12-32-23(22(15(2)3)29-24(34)16-6-9-18(35-4)10-7-16)30-31-25(32)36-14-21(33)28-17-8-11-20(27)19(26)13-17/h5-11,13,15,22H,1,12,14H2,2-4H3,(H,28,33)(H,29,34)/t22-/m1/s1. The molecule has 2 N–H and O–H groups in total. The van der Waals surface area contributed by atoms with Crippen molar-refractivity contribution in [1.82, 2.24) is 20.1 Å². The minimum Gasteiger partial charge on any atom is -0.497 e. The number of benzene rings is 2. The molecule has 0 aliphatic carbocycles. The van der Waals surface area contributed by atoms with Gasteiger partial charge in [0.25, 0.3) is 5.91 Å². The Morgan fingerprint density at radius 1 is 1.22 bits per heavy atom. The number of thioether (sulfide) groups is 1. The summed E-state index contributed by atoms with van der Waals surface area (Å²) in [6, 6.07) is 10.3. The van der Waals surface area contributed by atoms with E-state index in [9.17, 15) is 14.0 Å². The highest BCUT2D eigenvalue weighted by molar-refractivity contribution is 7.99. The minimum atomic E-state index is -0.562. The molecule has 0 saturated heterocycles. The number of halogens is 2. The van der Waals surface area contributed by atoms with E-state index in [0.29, 0.717) is 34.5 Å². The predicted octanol–water partition coefficient (Wildman–Crippen LogP) is 5.12. The first-order valence-corrected chi connectivity index (χ1v) is 12.5. The van der Waals surface area contributed by atoms with Gasteiger partial charge in [-0.2, -0.15) is 0 Å². The molecule has 190 valence electrons. The molecule has 3 aromatic rings. The summed E-state index contributed by atoms with van der Waals surface area (Å²) < 4.78 is 20.3. The maximum absolute atomic E-state index is 13.3. The topological polar surface area (TPSA) is 98.1 Å². The Labute approximate surface area is 218 Å². The zero-order chi connectivity index (χ0) is 26.2. The lowest BCUT2D eigenvalue weighted by molar-refractivity contribution is -0.113. The first kappa shape index (κ1) is 27.2. The summed E-state index contributed by atoms with van der Waals surface area (Å²) in [6.45, 7) is 8.14. The Kier molecular flexibility index (Phi) is 9.49. The maximum Gasteiger partial charge on any atom is 0.251 e. The molecule has 11 heteroatoms. The van der Waals surface area contributed by atoms with Gasteiger partial charge in [-0.1, -0.05) is 43.3 Å². The zero-order valence-electron chi connectivity index (χ0n) is 20.1. The van der Waals surface area contributed by atoms with E-state index in [4.69, 9.17) is 16.3 Å². The number of allylic oxidation sites excluding steroid dienone is 1. The van der Waals surface area contributed by atoms with Crippen LogP contribution in [0, 0.1) is 11.7 Å². The van der Waals surface area contributed by atoms with Gasteiger partial charge in [0.1, 0.15) is 11.6 Å². The van der Waals surface area contributed by atoms with Crippen LogP contribution < -0.4 is 15.4 Å². The monoisotopic (exact) mass is 531 g/mol. The highest BCUT2D eigenvalue weighted by atomic mass is 35.5. The highest BCUT2D eigenvalue weighted by Gasteiger charge is 2.26. The van der Waals surface area contributed by atoms with Gasteiger partial charge in [0.15, 0.2) is 11.0 Å². The molecule has 2 aromatic carbocycles. The highest BCUT2D eigenvalue weighted by Crippen LogP contribution is 2.26. The van der Waals surface area contributed by atoms with Gasteiger partial charge in [0, 0.05) is 17.8 Å². The molecular formula is C25H27ClFN5O3S. The number of nitrogens with zero attached hydrogens (tertiary/aromatic N) is 3. The molecule has 0 unspecified atom stereocenters. The van der Waals surface area contributed by atoms with Gasteiger partial charge in [0.05, 0.1) is 23.9 Å². The second-order valence-electron chi connectivity index (χ2n) is 8.13. The lowest BCUT2D eigenvalue weighted by Crippen LogP contribution is -2.33. The van der Waals surface area contributed by atoms with Crippen molar-refractivity contribution in [3.63, 3.8) is 0 Å². The van der Waals surface area contributed by atoms with Gasteiger partial charge in [-0.15, -0.1) is 16.8 Å². The van der Waals surface area contributed by atoms with Crippen molar-refractivity contribution in [2.45, 2.75) is 31.6 Å². The molecule has 0 fully saturated rings. The second kappa shape index (κ2) is 12.5. The third-order valence-corrected chi connectivity index (χ3v) is 6.43. The fourth-order valence-electron chi connectivity index (χ4n) is 3.33. The largest absolute Gasteiger partial charge is 0.497 e. The molecule has 0 aliphatic rings. The molecule has 0 saturated carbocycles. The molecule has 0 spiro atoms. The number of anilines is 1. The summed E-state index contributed by atoms with van der Waals surface area (Å²) in [4.78, 5) is 25.4. The zero-order valence-corrected chi connectivity index (χ0v) is 21.7. The van der Waals surface area contributed by atoms with Crippen molar-refractivity contribution in [3.8, 4) is 5.75 Å². The summed E-state index contributed by atoms with van der Waals surface area (Å²) in [5.41, 5.74) is 0.879. The lowest BCUT2D eigenvalue weighted by Gasteiger charge is -2.22. The van der Waals surface area contributed by atoms with E-state index < -0.39 is 11.9 Å². The molecule has 0 aliphatic heterocycles. The van der Waals surface area contributed by atoms with Gasteiger partial charge in [-0.25, -0.2) is 4.39 Å². The van der Waals surface area contributed by atoms with Gasteiger partial charge in [-0.3, -0.25) is 9.59 Å². The summed E-state index contributed by atoms with van der Waals surface area (Å²) >= 11 is 6.96. The van der Waals surface area contributed by atoms with Crippen molar-refractivity contribution in [1.29, 1.82) is 0 Å². The number of methoxy groups -OCH3 is 1. The molecule has 0 bridgehead atoms. The van der Waals surface area contributed by atoms with Crippen molar-refractivity contribution < 1.29 is 18.7 Å². The average molecular weight is 532 g/mol. The number of nitrogens with one attached hydrogen (secondary N) is 2. The van der Waals surface area contributed by atoms with E-state index in [-0.39, 0.29) is 28.5 Å². The number of amides is 2. The first-order chi connectivity index (χ1) is 17.2. The molecule has 2 amide bonds. The lowest BCUT2D eigenvalue weighted by atomic mass is 10.0. The van der Waals surface area contributed by atoms with Crippen LogP contribution >= 0.6 is 23.4 Å². The molecule has 0 radical (unpaired) electrons. The van der Waals surface area contributed by atoms with Gasteiger partial charge in [0.2, 0.25) is 5.91 Å². The fourth-order valence-corrected chi connectivity index (χ4v) is 4.27. The van der Waals surface area contributed by atoms with Crippen LogP contribution in [0.25, 0.3) is 0 Å². The number of hydrogen-bond acceptors (Lipinski definition) is 6. The van der Waals surface area contributed by atoms with Crippen LogP contribution in [0.15, 0.2) is 60.3 Å². The number of rotatable bonds is 11. The van der Waals surface area contributed by atoms with E-state index >= 15 is 0 Å². The summed E-state index contributed by atoms with van der Waals surface area (Å²) in [5.74, 6) is 0.124. The van der Waals surface area contributed by atoms with Crippen molar-refractivity contribution in [3.05, 3.63) is 77.3 Å². The van der Waals surface area contributed by atoms with Crippen LogP contribution in [-0.2, 0) is 11.3 Å². The van der Waals surface area contributed by atoms with E-state index in [1.54, 1.807) is 37.5 Å². The minimum absolute atomic E-state index is 0.00402. The SMILES string of the molecule is C=CCn1c(SCC(=O)Nc2ccc(F)c(Cl)c2)nnc1[C@H](NC(=O)c1ccc(OC)cc1)C(C)C. The third-order valence-electron chi connectivity index (χ3n) is 5.18. The maximum atomic E-state index is 13.3. The Morgan fingerprint density at radius 3 is 2.56 bits per heavy atom. The van der Waals surface area contributed by atoms with Gasteiger partial charge >= 0.3 is 0 Å². The molecule has 3 rings (SSSR count). The summed E-state index contributed by atoms with van der Waals surface area (Å²) in [6.07, 6.45) is 1.69. The second-order valence-corrected chi connectivity index (χ2v) is 9.48. The summed E-state index contributed by atoms with van der Waals surface area (Å²) in [7, 11) is 1.56. The van der Waals surface area contributed by atoms with Crippen LogP contribution in [0.2, 0.25) is 5.02 Å². The molecule has 1 heterocycles. The van der Waals surface area contributed by atoms with Gasteiger partial charge < -0.3 is 19.9 Å². The Bertz CT molecular complexity index is 1230. The average Bonchev–Trinajstić information content (AvgIpc) is 3.25. The predicted molar refractivity (Wildman–Crippen MR) is 139 cm³/mol. The van der Waals surface area contributed by atoms with Crippen LogP contribution in [0.5, 0.6) is 5.75 Å². The van der Waals surface area contributed by atoms with E-state index in [2.05, 4.69) is 27.4 Å². The number of aromatic nitrogens is 3. The van der Waals surface area contributed by atoms with Crippen LogP contribution in [0.4, 0.5) is 10.1 Å². The molecule has 8 nitrogen and oxygen atoms in total.